The fourth-order valence-corrected chi connectivity index (χ4v) is 4.44. The quantitative estimate of drug-likeness (QED) is 0.308. The van der Waals surface area contributed by atoms with Crippen molar-refractivity contribution in [3.63, 3.8) is 0 Å². The smallest absolute Gasteiger partial charge is 0.253 e. The Hall–Kier alpha value is -4.15. The molecule has 0 amide bonds. The lowest BCUT2D eigenvalue weighted by atomic mass is 10.0. The number of aromatic amines is 1. The Morgan fingerprint density at radius 1 is 1.14 bits per heavy atom. The molecule has 1 N–H and O–H groups in total. The van der Waals surface area contributed by atoms with Gasteiger partial charge in [-0.05, 0) is 70.3 Å². The lowest BCUT2D eigenvalue weighted by molar-refractivity contribution is 0.163. The van der Waals surface area contributed by atoms with E-state index < -0.39 is 6.04 Å². The van der Waals surface area contributed by atoms with E-state index in [-0.39, 0.29) is 11.4 Å². The monoisotopic (exact) mass is 502 g/mol. The number of hydrogen-bond acceptors (Lipinski definition) is 7. The number of benzene rings is 2. The first-order valence-corrected chi connectivity index (χ1v) is 11.9. The molecule has 0 saturated heterocycles. The minimum atomic E-state index is -0.642. The first kappa shape index (κ1) is 24.5. The van der Waals surface area contributed by atoms with Crippen LogP contribution in [0.25, 0.3) is 10.9 Å². The van der Waals surface area contributed by atoms with Crippen molar-refractivity contribution in [2.24, 2.45) is 0 Å². The summed E-state index contributed by atoms with van der Waals surface area (Å²) in [5.41, 5.74) is 2.91. The second kappa shape index (κ2) is 10.9. The van der Waals surface area contributed by atoms with Crippen molar-refractivity contribution in [3.8, 4) is 0 Å². The Kier molecular flexibility index (Phi) is 7.20. The molecule has 0 fully saturated rings. The van der Waals surface area contributed by atoms with Crippen LogP contribution in [-0.2, 0) is 24.4 Å². The Morgan fingerprint density at radius 3 is 2.73 bits per heavy atom. The molecule has 5 rings (SSSR count). The van der Waals surface area contributed by atoms with Crippen LogP contribution >= 0.6 is 0 Å². The van der Waals surface area contributed by atoms with Gasteiger partial charge in [-0.1, -0.05) is 24.3 Å². The number of fused-ring (bicyclic) bond motifs is 1. The molecule has 3 heterocycles. The summed E-state index contributed by atoms with van der Waals surface area (Å²) >= 11 is 0. The summed E-state index contributed by atoms with van der Waals surface area (Å²) < 4.78 is 26.2. The second-order valence-electron chi connectivity index (χ2n) is 8.91. The van der Waals surface area contributed by atoms with E-state index in [0.717, 1.165) is 22.0 Å². The van der Waals surface area contributed by atoms with E-state index in [2.05, 4.69) is 20.5 Å². The zero-order chi connectivity index (χ0) is 25.8. The number of pyridine rings is 1. The molecule has 10 heteroatoms. The number of tetrazole rings is 1. The summed E-state index contributed by atoms with van der Waals surface area (Å²) in [5, 5.41) is 13.3. The highest BCUT2D eigenvalue weighted by atomic mass is 19.1. The predicted octanol–water partition coefficient (Wildman–Crippen LogP) is 3.99. The van der Waals surface area contributed by atoms with Gasteiger partial charge in [0.2, 0.25) is 0 Å². The van der Waals surface area contributed by atoms with Crippen molar-refractivity contribution in [2.75, 3.05) is 13.7 Å². The van der Waals surface area contributed by atoms with Gasteiger partial charge in [0.25, 0.3) is 5.56 Å². The molecule has 37 heavy (non-hydrogen) atoms. The number of nitrogens with zero attached hydrogens (tertiary/aromatic N) is 5. The number of hydrogen-bond donors (Lipinski definition) is 1. The molecule has 3 aromatic heterocycles. The fraction of sp³-hybridized carbons (Fsp3) is 0.259. The van der Waals surface area contributed by atoms with Crippen LogP contribution in [0.5, 0.6) is 0 Å². The van der Waals surface area contributed by atoms with E-state index in [0.29, 0.717) is 43.4 Å². The Morgan fingerprint density at radius 2 is 1.97 bits per heavy atom. The Balaban J connectivity index is 1.67. The number of methoxy groups -OCH3 is 1. The number of aromatic nitrogens is 5. The highest BCUT2D eigenvalue weighted by molar-refractivity contribution is 5.79. The third-order valence-electron chi connectivity index (χ3n) is 6.24. The third-order valence-corrected chi connectivity index (χ3v) is 6.24. The summed E-state index contributed by atoms with van der Waals surface area (Å²) in [6.45, 7) is 3.53. The topological polar surface area (TPSA) is 102 Å². The van der Waals surface area contributed by atoms with Crippen LogP contribution in [0.3, 0.4) is 0 Å². The molecule has 0 unspecified atom stereocenters. The molecule has 9 nitrogen and oxygen atoms in total. The molecule has 0 bridgehead atoms. The van der Waals surface area contributed by atoms with Crippen LogP contribution < -0.4 is 5.56 Å². The van der Waals surface area contributed by atoms with Crippen LogP contribution in [0.2, 0.25) is 0 Å². The molecule has 0 spiro atoms. The Labute approximate surface area is 212 Å². The van der Waals surface area contributed by atoms with Crippen LogP contribution in [0.15, 0.2) is 76.1 Å². The van der Waals surface area contributed by atoms with E-state index in [1.807, 2.05) is 48.2 Å². The van der Waals surface area contributed by atoms with Crippen molar-refractivity contribution in [1.29, 1.82) is 0 Å². The van der Waals surface area contributed by atoms with E-state index in [4.69, 9.17) is 9.15 Å². The van der Waals surface area contributed by atoms with Gasteiger partial charge in [-0.25, -0.2) is 9.07 Å². The molecule has 0 aliphatic rings. The Bertz CT molecular complexity index is 1530. The van der Waals surface area contributed by atoms with E-state index in [1.54, 1.807) is 30.2 Å². The maximum Gasteiger partial charge on any atom is 0.253 e. The minimum absolute atomic E-state index is 0.243. The number of rotatable bonds is 10. The lowest BCUT2D eigenvalue weighted by Gasteiger charge is -2.30. The number of nitrogens with one attached hydrogen (secondary N) is 1. The summed E-state index contributed by atoms with van der Waals surface area (Å²) in [6.07, 6.45) is 1.61. The van der Waals surface area contributed by atoms with Gasteiger partial charge in [0.05, 0.1) is 26.0 Å². The highest BCUT2D eigenvalue weighted by Gasteiger charge is 2.31. The normalized spacial score (nSPS) is 12.4. The summed E-state index contributed by atoms with van der Waals surface area (Å²) in [6, 6.07) is 17.1. The first-order valence-electron chi connectivity index (χ1n) is 11.9. The lowest BCUT2D eigenvalue weighted by Crippen LogP contribution is -2.35. The van der Waals surface area contributed by atoms with Gasteiger partial charge in [0.15, 0.2) is 5.82 Å². The molecule has 0 aliphatic carbocycles. The van der Waals surface area contributed by atoms with Gasteiger partial charge >= 0.3 is 0 Å². The van der Waals surface area contributed by atoms with Crippen LogP contribution in [0.1, 0.15) is 34.3 Å². The zero-order valence-corrected chi connectivity index (χ0v) is 20.6. The summed E-state index contributed by atoms with van der Waals surface area (Å²) in [5.74, 6) is 0.876. The van der Waals surface area contributed by atoms with Crippen molar-refractivity contribution in [3.05, 3.63) is 111 Å². The van der Waals surface area contributed by atoms with Gasteiger partial charge < -0.3 is 14.1 Å². The average molecular weight is 503 g/mol. The molecule has 0 aliphatic heterocycles. The molecular formula is C27H27FN6O3. The largest absolute Gasteiger partial charge is 0.468 e. The first-order chi connectivity index (χ1) is 18.0. The molecular weight excluding hydrogens is 475 g/mol. The van der Waals surface area contributed by atoms with E-state index in [9.17, 15) is 9.18 Å². The molecule has 0 saturated carbocycles. The van der Waals surface area contributed by atoms with Crippen molar-refractivity contribution in [1.82, 2.24) is 30.1 Å². The number of H-pyrrole nitrogens is 1. The number of halogens is 1. The van der Waals surface area contributed by atoms with Crippen LogP contribution in [-0.4, -0.2) is 43.8 Å². The van der Waals surface area contributed by atoms with Crippen LogP contribution in [0, 0.1) is 12.7 Å². The van der Waals surface area contributed by atoms with E-state index in [1.165, 1.54) is 12.1 Å². The fourth-order valence-electron chi connectivity index (χ4n) is 4.44. The molecule has 2 aromatic carbocycles. The molecule has 1 atom stereocenters. The van der Waals surface area contributed by atoms with Gasteiger partial charge in [-0.15, -0.1) is 5.10 Å². The molecule has 190 valence electrons. The van der Waals surface area contributed by atoms with Gasteiger partial charge in [0, 0.05) is 24.7 Å². The number of aryl methyl sites for hydroxylation is 1. The van der Waals surface area contributed by atoms with E-state index >= 15 is 0 Å². The third kappa shape index (κ3) is 5.50. The van der Waals surface area contributed by atoms with Gasteiger partial charge in [0.1, 0.15) is 17.6 Å². The van der Waals surface area contributed by atoms with Gasteiger partial charge in [-0.2, -0.15) is 0 Å². The van der Waals surface area contributed by atoms with Crippen molar-refractivity contribution in [2.45, 2.75) is 32.6 Å². The number of ether oxygens (including phenoxy) is 1. The predicted molar refractivity (Wildman–Crippen MR) is 135 cm³/mol. The second-order valence-corrected chi connectivity index (χ2v) is 8.91. The zero-order valence-electron chi connectivity index (χ0n) is 20.6. The molecule has 5 aromatic rings. The standard InChI is InChI=1S/C27H27FN6O3/c1-18-5-8-20-15-23(27(35)29-24(20)14-18)25(26-30-31-32-34(26)11-13-36-2)33(17-22-4-3-12-37-22)16-19-6-9-21(28)10-7-19/h3-10,12,14-15,25H,11,13,16-17H2,1-2H3,(H,29,35)/t25-/m1/s1. The maximum absolute atomic E-state index is 13.7. The molecule has 0 radical (unpaired) electrons. The maximum atomic E-state index is 13.7. The highest BCUT2D eigenvalue weighted by Crippen LogP contribution is 2.30. The summed E-state index contributed by atoms with van der Waals surface area (Å²) in [7, 11) is 1.61. The van der Waals surface area contributed by atoms with Crippen molar-refractivity contribution < 1.29 is 13.5 Å². The SMILES string of the molecule is COCCn1nnnc1[C@@H](c1cc2ccc(C)cc2[nH]c1=O)N(Cc1ccc(F)cc1)Cc1ccco1. The minimum Gasteiger partial charge on any atom is -0.468 e. The summed E-state index contributed by atoms with van der Waals surface area (Å²) in [4.78, 5) is 18.6. The average Bonchev–Trinajstić information content (AvgIpc) is 3.57. The van der Waals surface area contributed by atoms with Gasteiger partial charge in [-0.3, -0.25) is 9.69 Å². The van der Waals surface area contributed by atoms with Crippen LogP contribution in [0.4, 0.5) is 4.39 Å². The number of furan rings is 1. The van der Waals surface area contributed by atoms with Crippen molar-refractivity contribution >= 4 is 10.9 Å².